The molecule has 1 unspecified atom stereocenters. The summed E-state index contributed by atoms with van der Waals surface area (Å²) in [4.78, 5) is 15.9. The molecule has 1 aromatic heterocycles. The average Bonchev–Trinajstić information content (AvgIpc) is 3.08. The summed E-state index contributed by atoms with van der Waals surface area (Å²) >= 11 is 5.98. The molecule has 5 aliphatic rings. The zero-order valence-corrected chi connectivity index (χ0v) is 14.9. The molecule has 4 aliphatic carbocycles. The van der Waals surface area contributed by atoms with Gasteiger partial charge in [-0.3, -0.25) is 4.79 Å². The van der Waals surface area contributed by atoms with Crippen molar-refractivity contribution in [2.75, 3.05) is 0 Å². The van der Waals surface area contributed by atoms with Crippen LogP contribution in [0.15, 0.2) is 30.6 Å². The fourth-order valence-electron chi connectivity index (χ4n) is 5.72. The molecular weight excluding hydrogens is 334 g/mol. The number of amides is 1. The molecular formula is C20H24ClN3O. The summed E-state index contributed by atoms with van der Waals surface area (Å²) in [7, 11) is 0. The van der Waals surface area contributed by atoms with Gasteiger partial charge in [0.05, 0.1) is 0 Å². The maximum atomic E-state index is 12.8. The van der Waals surface area contributed by atoms with Crippen LogP contribution < -0.4 is 10.6 Å². The van der Waals surface area contributed by atoms with E-state index in [2.05, 4.69) is 15.6 Å². The van der Waals surface area contributed by atoms with Crippen LogP contribution in [0.25, 0.3) is 5.57 Å². The Hall–Kier alpha value is -1.68. The quantitative estimate of drug-likeness (QED) is 0.571. The normalized spacial score (nSPS) is 38.4. The lowest BCUT2D eigenvalue weighted by Gasteiger charge is -2.54. The molecule has 6 rings (SSSR count). The molecule has 1 amide bonds. The minimum absolute atomic E-state index is 0.0345. The number of hydrogen-bond donors (Lipinski definition) is 3. The van der Waals surface area contributed by atoms with Crippen LogP contribution in [0.1, 0.15) is 48.2 Å². The number of aromatic amines is 1. The Balaban J connectivity index is 1.28. The van der Waals surface area contributed by atoms with Crippen LogP contribution in [0, 0.1) is 23.7 Å². The largest absolute Gasteiger partial charge is 0.372 e. The maximum Gasteiger partial charge on any atom is 0.267 e. The van der Waals surface area contributed by atoms with E-state index in [9.17, 15) is 4.79 Å². The summed E-state index contributed by atoms with van der Waals surface area (Å²) in [6, 6.07) is 2.30. The van der Waals surface area contributed by atoms with Crippen molar-refractivity contribution in [3.8, 4) is 0 Å². The first-order chi connectivity index (χ1) is 12.2. The van der Waals surface area contributed by atoms with Gasteiger partial charge in [0.15, 0.2) is 0 Å². The first-order valence-electron chi connectivity index (χ1n) is 9.44. The molecule has 25 heavy (non-hydrogen) atoms. The average molecular weight is 358 g/mol. The Labute approximate surface area is 153 Å². The van der Waals surface area contributed by atoms with Crippen molar-refractivity contribution < 1.29 is 4.79 Å². The van der Waals surface area contributed by atoms with E-state index in [-0.39, 0.29) is 11.4 Å². The van der Waals surface area contributed by atoms with Crippen LogP contribution in [0.3, 0.4) is 0 Å². The number of H-pyrrole nitrogens is 1. The van der Waals surface area contributed by atoms with E-state index in [4.69, 9.17) is 11.6 Å². The van der Waals surface area contributed by atoms with Crippen molar-refractivity contribution in [2.24, 2.45) is 23.7 Å². The van der Waals surface area contributed by atoms with Crippen molar-refractivity contribution in [2.45, 2.75) is 43.6 Å². The van der Waals surface area contributed by atoms with E-state index in [1.165, 1.54) is 32.1 Å². The summed E-state index contributed by atoms with van der Waals surface area (Å²) in [6.07, 6.45) is 14.4. The SMILES string of the molecule is O=C(NC1C2CC3CC(C2)CC1C3)c1cc(C2=CNC(Cl)C=C2)c[nH]1. The molecule has 1 atom stereocenters. The minimum atomic E-state index is -0.164. The van der Waals surface area contributed by atoms with Gasteiger partial charge in [-0.25, -0.2) is 0 Å². The number of carbonyl (C=O) groups is 1. The van der Waals surface area contributed by atoms with E-state index in [0.29, 0.717) is 23.6 Å². The summed E-state index contributed by atoms with van der Waals surface area (Å²) in [5, 5.41) is 6.43. The first kappa shape index (κ1) is 15.6. The summed E-state index contributed by atoms with van der Waals surface area (Å²) in [5.74, 6) is 3.28. The highest BCUT2D eigenvalue weighted by molar-refractivity contribution is 6.21. The van der Waals surface area contributed by atoms with E-state index < -0.39 is 0 Å². The van der Waals surface area contributed by atoms with Crippen LogP contribution in [0.5, 0.6) is 0 Å². The van der Waals surface area contributed by atoms with Gasteiger partial charge in [0.25, 0.3) is 5.91 Å². The molecule has 0 radical (unpaired) electrons. The lowest BCUT2D eigenvalue weighted by molar-refractivity contribution is -0.0120. The molecule has 5 heteroatoms. The zero-order chi connectivity index (χ0) is 17.0. The Bertz CT molecular complexity index is 722. The number of alkyl halides is 1. The Kier molecular flexibility index (Phi) is 3.70. The van der Waals surface area contributed by atoms with Crippen LogP contribution in [0.2, 0.25) is 0 Å². The third-order valence-corrected chi connectivity index (χ3v) is 6.90. The number of nitrogens with one attached hydrogen (secondary N) is 3. The van der Waals surface area contributed by atoms with Crippen molar-refractivity contribution in [1.29, 1.82) is 0 Å². The van der Waals surface area contributed by atoms with Crippen LogP contribution in [-0.4, -0.2) is 22.4 Å². The molecule has 1 aliphatic heterocycles. The molecule has 0 saturated heterocycles. The number of dihydropyridines is 1. The van der Waals surface area contributed by atoms with Gasteiger partial charge in [-0.1, -0.05) is 17.7 Å². The Morgan fingerprint density at radius 3 is 2.48 bits per heavy atom. The van der Waals surface area contributed by atoms with Gasteiger partial charge < -0.3 is 15.6 Å². The fraction of sp³-hybridized carbons (Fsp3) is 0.550. The van der Waals surface area contributed by atoms with Crippen LogP contribution in [0.4, 0.5) is 0 Å². The molecule has 4 fully saturated rings. The Morgan fingerprint density at radius 1 is 1.12 bits per heavy atom. The molecule has 3 N–H and O–H groups in total. The van der Waals surface area contributed by atoms with Crippen molar-refractivity contribution in [3.05, 3.63) is 41.9 Å². The van der Waals surface area contributed by atoms with E-state index >= 15 is 0 Å². The predicted molar refractivity (Wildman–Crippen MR) is 99.0 cm³/mol. The number of aromatic nitrogens is 1. The van der Waals surface area contributed by atoms with Crippen molar-refractivity contribution in [3.63, 3.8) is 0 Å². The second kappa shape index (κ2) is 5.94. The molecule has 132 valence electrons. The number of hydrogen-bond acceptors (Lipinski definition) is 2. The highest BCUT2D eigenvalue weighted by atomic mass is 35.5. The second-order valence-electron chi connectivity index (χ2n) is 8.26. The maximum absolute atomic E-state index is 12.8. The molecule has 1 aromatic rings. The smallest absolute Gasteiger partial charge is 0.267 e. The third-order valence-electron chi connectivity index (χ3n) is 6.63. The Morgan fingerprint density at radius 2 is 1.84 bits per heavy atom. The van der Waals surface area contributed by atoms with Gasteiger partial charge in [-0.05, 0) is 73.5 Å². The monoisotopic (exact) mass is 357 g/mol. The third kappa shape index (κ3) is 2.80. The van der Waals surface area contributed by atoms with Gasteiger partial charge in [0.2, 0.25) is 0 Å². The lowest BCUT2D eigenvalue weighted by Crippen LogP contribution is -2.55. The van der Waals surface area contributed by atoms with Crippen LogP contribution in [-0.2, 0) is 0 Å². The summed E-state index contributed by atoms with van der Waals surface area (Å²) < 4.78 is 0. The zero-order valence-electron chi connectivity index (χ0n) is 14.2. The van der Waals surface area contributed by atoms with Crippen LogP contribution >= 0.6 is 11.6 Å². The van der Waals surface area contributed by atoms with Gasteiger partial charge >= 0.3 is 0 Å². The minimum Gasteiger partial charge on any atom is -0.372 e. The standard InChI is InChI=1S/C20H24ClN3O/c21-18-2-1-13(9-23-18)16-8-17(22-10-16)20(25)24-19-14-4-11-3-12(6-14)7-15(19)5-11/h1-2,8-12,14-15,18-19,22-23H,3-7H2,(H,24,25). The summed E-state index contributed by atoms with van der Waals surface area (Å²) in [6.45, 7) is 0. The predicted octanol–water partition coefficient (Wildman–Crippen LogP) is 3.63. The molecule has 4 bridgehead atoms. The number of carbonyl (C=O) groups excluding carboxylic acids is 1. The molecule has 4 nitrogen and oxygen atoms in total. The molecule has 0 spiro atoms. The van der Waals surface area contributed by atoms with Crippen molar-refractivity contribution in [1.82, 2.24) is 15.6 Å². The molecule has 4 saturated carbocycles. The van der Waals surface area contributed by atoms with E-state index in [1.807, 2.05) is 30.6 Å². The van der Waals surface area contributed by atoms with Gasteiger partial charge in [-0.15, -0.1) is 0 Å². The van der Waals surface area contributed by atoms with Gasteiger partial charge in [0.1, 0.15) is 11.2 Å². The first-order valence-corrected chi connectivity index (χ1v) is 9.87. The van der Waals surface area contributed by atoms with Crippen molar-refractivity contribution >= 4 is 23.1 Å². The second-order valence-corrected chi connectivity index (χ2v) is 8.73. The molecule has 0 aromatic carbocycles. The summed E-state index contributed by atoms with van der Waals surface area (Å²) in [5.41, 5.74) is 2.51. The lowest BCUT2D eigenvalue weighted by atomic mass is 9.54. The van der Waals surface area contributed by atoms with E-state index in [0.717, 1.165) is 23.0 Å². The fourth-order valence-corrected chi connectivity index (χ4v) is 5.86. The highest BCUT2D eigenvalue weighted by Crippen LogP contribution is 2.53. The van der Waals surface area contributed by atoms with Gasteiger partial charge in [-0.2, -0.15) is 0 Å². The van der Waals surface area contributed by atoms with E-state index in [1.54, 1.807) is 0 Å². The number of allylic oxidation sites excluding steroid dienone is 2. The number of rotatable bonds is 3. The number of halogens is 1. The topological polar surface area (TPSA) is 56.9 Å². The highest BCUT2D eigenvalue weighted by Gasteiger charge is 2.48. The van der Waals surface area contributed by atoms with Gasteiger partial charge in [0, 0.05) is 24.0 Å². The molecule has 2 heterocycles.